The van der Waals surface area contributed by atoms with E-state index in [9.17, 15) is 10.0 Å². The molecule has 1 heterocycles. The third kappa shape index (κ3) is 3.36. The number of carbonyl (C=O) groups excluding carboxylic acids is 1. The maximum Gasteiger partial charge on any atom is 0.224 e. The molecule has 6 nitrogen and oxygen atoms in total. The molecule has 0 bridgehead atoms. The number of ether oxygens (including phenoxy) is 2. The fourth-order valence-corrected chi connectivity index (χ4v) is 2.07. The van der Waals surface area contributed by atoms with Crippen LogP contribution >= 0.6 is 0 Å². The van der Waals surface area contributed by atoms with Gasteiger partial charge in [0.25, 0.3) is 0 Å². The zero-order chi connectivity index (χ0) is 13.9. The van der Waals surface area contributed by atoms with E-state index in [1.807, 2.05) is 12.1 Å². The van der Waals surface area contributed by atoms with Crippen LogP contribution in [0.2, 0.25) is 0 Å². The van der Waals surface area contributed by atoms with Gasteiger partial charge in [0.1, 0.15) is 18.0 Å². The second-order valence-electron chi connectivity index (χ2n) is 4.67. The van der Waals surface area contributed by atoms with E-state index in [1.54, 1.807) is 13.2 Å². The molecule has 0 aliphatic carbocycles. The molecule has 1 aromatic carbocycles. The van der Waals surface area contributed by atoms with E-state index in [0.717, 1.165) is 11.3 Å². The number of benzene rings is 1. The van der Waals surface area contributed by atoms with Gasteiger partial charge in [-0.3, -0.25) is 4.79 Å². The molecule has 6 heteroatoms. The third-order valence-electron chi connectivity index (χ3n) is 3.07. The Morgan fingerprint density at radius 2 is 2.37 bits per heavy atom. The molecule has 2 rings (SSSR count). The van der Waals surface area contributed by atoms with Gasteiger partial charge in [0.15, 0.2) is 0 Å². The number of hydrogen-bond donors (Lipinski definition) is 1. The molecule has 1 unspecified atom stereocenters. The molecule has 1 aliphatic heterocycles. The van der Waals surface area contributed by atoms with Gasteiger partial charge < -0.3 is 24.6 Å². The summed E-state index contributed by atoms with van der Waals surface area (Å²) in [7, 11) is 1.58. The van der Waals surface area contributed by atoms with E-state index in [1.165, 1.54) is 6.92 Å². The largest absolute Gasteiger partial charge is 0.630 e. The predicted molar refractivity (Wildman–Crippen MR) is 69.4 cm³/mol. The Kier molecular flexibility index (Phi) is 3.92. The number of rotatable bonds is 4. The molecular weight excluding hydrogens is 248 g/mol. The molecule has 0 aromatic heterocycles. The summed E-state index contributed by atoms with van der Waals surface area (Å²) >= 11 is 0. The van der Waals surface area contributed by atoms with E-state index in [4.69, 9.17) is 9.47 Å². The first-order chi connectivity index (χ1) is 9.02. The summed E-state index contributed by atoms with van der Waals surface area (Å²) in [6, 6.07) is 5.43. The molecular formula is C13H18N2O4. The van der Waals surface area contributed by atoms with Crippen LogP contribution in [0, 0.1) is 5.21 Å². The minimum atomic E-state index is -0.500. The van der Waals surface area contributed by atoms with Gasteiger partial charge in [0.2, 0.25) is 12.6 Å². The van der Waals surface area contributed by atoms with Crippen molar-refractivity contribution >= 4 is 5.91 Å². The summed E-state index contributed by atoms with van der Waals surface area (Å²) in [5.41, 5.74) is 0.837. The van der Waals surface area contributed by atoms with Crippen molar-refractivity contribution in [2.24, 2.45) is 0 Å². The molecule has 104 valence electrons. The van der Waals surface area contributed by atoms with Crippen molar-refractivity contribution in [2.75, 3.05) is 26.9 Å². The Labute approximate surface area is 112 Å². The Morgan fingerprint density at radius 3 is 3.05 bits per heavy atom. The van der Waals surface area contributed by atoms with Crippen LogP contribution in [0.15, 0.2) is 18.2 Å². The maximum atomic E-state index is 12.5. The number of nitrogens with zero attached hydrogens (tertiary/aromatic N) is 1. The molecule has 19 heavy (non-hydrogen) atoms. The maximum absolute atomic E-state index is 12.5. The average molecular weight is 266 g/mol. The second kappa shape index (κ2) is 5.46. The number of carbonyl (C=O) groups is 1. The van der Waals surface area contributed by atoms with E-state index < -0.39 is 4.65 Å². The lowest BCUT2D eigenvalue weighted by atomic mass is 10.1. The molecule has 0 saturated heterocycles. The monoisotopic (exact) mass is 266 g/mol. The zero-order valence-electron chi connectivity index (χ0n) is 11.1. The molecule has 0 fully saturated rings. The Balaban J connectivity index is 2.04. The number of hydrogen-bond acceptors (Lipinski definition) is 4. The van der Waals surface area contributed by atoms with Crippen LogP contribution in [0.4, 0.5) is 0 Å². The lowest BCUT2D eigenvalue weighted by Gasteiger charge is -2.44. The normalized spacial score (nSPS) is 21.2. The molecule has 0 saturated carbocycles. The molecule has 1 aliphatic rings. The number of fused-ring (bicyclic) bond motifs is 1. The van der Waals surface area contributed by atoms with Crippen LogP contribution in [0.5, 0.6) is 11.5 Å². The predicted octanol–water partition coefficient (Wildman–Crippen LogP) is 0.996. The smallest absolute Gasteiger partial charge is 0.224 e. The highest BCUT2D eigenvalue weighted by Crippen LogP contribution is 2.31. The minimum Gasteiger partial charge on any atom is -0.630 e. The summed E-state index contributed by atoms with van der Waals surface area (Å²) in [5, 5.41) is 15.1. The highest BCUT2D eigenvalue weighted by Gasteiger charge is 2.26. The van der Waals surface area contributed by atoms with Crippen molar-refractivity contribution in [3.63, 3.8) is 0 Å². The van der Waals surface area contributed by atoms with Gasteiger partial charge in [-0.2, -0.15) is 0 Å². The Morgan fingerprint density at radius 1 is 1.58 bits per heavy atom. The van der Waals surface area contributed by atoms with Gasteiger partial charge in [-0.1, -0.05) is 0 Å². The molecule has 1 amide bonds. The zero-order valence-corrected chi connectivity index (χ0v) is 11.1. The molecule has 1 N–H and O–H groups in total. The van der Waals surface area contributed by atoms with Crippen LogP contribution in [0.25, 0.3) is 0 Å². The van der Waals surface area contributed by atoms with Gasteiger partial charge in [0, 0.05) is 6.92 Å². The van der Waals surface area contributed by atoms with Crippen molar-refractivity contribution in [2.45, 2.75) is 13.5 Å². The number of quaternary nitrogens is 1. The van der Waals surface area contributed by atoms with Crippen molar-refractivity contribution in [3.05, 3.63) is 29.0 Å². The average Bonchev–Trinajstić information content (AvgIpc) is 2.37. The summed E-state index contributed by atoms with van der Waals surface area (Å²) < 4.78 is 10.1. The first kappa shape index (κ1) is 13.6. The molecule has 0 spiro atoms. The fraction of sp³-hybridized carbons (Fsp3) is 0.462. The first-order valence-electron chi connectivity index (χ1n) is 6.14. The summed E-state index contributed by atoms with van der Waals surface area (Å²) in [6.45, 7) is 2.46. The van der Waals surface area contributed by atoms with Crippen molar-refractivity contribution in [1.29, 1.82) is 0 Å². The number of amides is 1. The fourth-order valence-electron chi connectivity index (χ4n) is 2.07. The van der Waals surface area contributed by atoms with Crippen LogP contribution in [-0.2, 0) is 11.3 Å². The molecule has 1 atom stereocenters. The van der Waals surface area contributed by atoms with Gasteiger partial charge in [0.05, 0.1) is 25.8 Å². The SMILES string of the molecule is COc1ccc2c(c1)C[N+]([O-])(CCNC(C)=O)CO2. The third-order valence-corrected chi connectivity index (χ3v) is 3.07. The molecule has 1 aromatic rings. The lowest BCUT2D eigenvalue weighted by Crippen LogP contribution is -2.50. The number of hydroxylamine groups is 3. The second-order valence-corrected chi connectivity index (χ2v) is 4.67. The van der Waals surface area contributed by atoms with Crippen molar-refractivity contribution in [1.82, 2.24) is 5.32 Å². The summed E-state index contributed by atoms with van der Waals surface area (Å²) in [5.74, 6) is 1.30. The quantitative estimate of drug-likeness (QED) is 0.652. The number of methoxy groups -OCH3 is 1. The Bertz CT molecular complexity index is 478. The van der Waals surface area contributed by atoms with Crippen LogP contribution < -0.4 is 14.8 Å². The van der Waals surface area contributed by atoms with E-state index in [-0.39, 0.29) is 19.2 Å². The van der Waals surface area contributed by atoms with Crippen LogP contribution in [-0.4, -0.2) is 37.5 Å². The topological polar surface area (TPSA) is 70.6 Å². The van der Waals surface area contributed by atoms with Crippen LogP contribution in [0.1, 0.15) is 12.5 Å². The minimum absolute atomic E-state index is 0.0684. The highest BCUT2D eigenvalue weighted by molar-refractivity contribution is 5.72. The summed E-state index contributed by atoms with van der Waals surface area (Å²) in [4.78, 5) is 10.8. The standard InChI is InChI=1S/C13H18N2O4/c1-10(16)14-5-6-15(17)8-11-7-12(18-2)3-4-13(11)19-9-15/h3-4,7H,5-6,8-9H2,1-2H3,(H,14,16). The van der Waals surface area contributed by atoms with Gasteiger partial charge >= 0.3 is 0 Å². The first-order valence-corrected chi connectivity index (χ1v) is 6.14. The highest BCUT2D eigenvalue weighted by atomic mass is 16.6. The Hall–Kier alpha value is -1.79. The molecule has 0 radical (unpaired) electrons. The van der Waals surface area contributed by atoms with Gasteiger partial charge in [-0.25, -0.2) is 0 Å². The lowest BCUT2D eigenvalue weighted by molar-refractivity contribution is -0.911. The van der Waals surface area contributed by atoms with Gasteiger partial charge in [-0.05, 0) is 18.2 Å². The van der Waals surface area contributed by atoms with Crippen LogP contribution in [0.3, 0.4) is 0 Å². The van der Waals surface area contributed by atoms with Crippen molar-refractivity contribution in [3.8, 4) is 11.5 Å². The van der Waals surface area contributed by atoms with E-state index in [2.05, 4.69) is 5.32 Å². The van der Waals surface area contributed by atoms with E-state index in [0.29, 0.717) is 18.8 Å². The van der Waals surface area contributed by atoms with E-state index >= 15 is 0 Å². The number of nitrogens with one attached hydrogen (secondary N) is 1. The van der Waals surface area contributed by atoms with Gasteiger partial charge in [-0.15, -0.1) is 0 Å². The summed E-state index contributed by atoms with van der Waals surface area (Å²) in [6.07, 6.45) is 0. The van der Waals surface area contributed by atoms with Crippen molar-refractivity contribution < 1.29 is 18.9 Å².